The van der Waals surface area contributed by atoms with Crippen molar-refractivity contribution in [3.05, 3.63) is 54.1 Å². The van der Waals surface area contributed by atoms with E-state index in [9.17, 15) is 18.0 Å². The van der Waals surface area contributed by atoms with Gasteiger partial charge in [0, 0.05) is 31.6 Å². The minimum absolute atomic E-state index is 0.0741. The van der Waals surface area contributed by atoms with E-state index >= 15 is 0 Å². The lowest BCUT2D eigenvalue weighted by Gasteiger charge is -2.15. The van der Waals surface area contributed by atoms with Crippen LogP contribution in [0.15, 0.2) is 58.3 Å². The Balaban J connectivity index is 2.28. The number of sulfonamides is 1. The number of carbonyl (C=O) groups is 2. The number of para-hydroxylation sites is 1. The van der Waals surface area contributed by atoms with Crippen molar-refractivity contribution in [3.63, 3.8) is 0 Å². The molecule has 2 amide bonds. The van der Waals surface area contributed by atoms with E-state index in [-0.39, 0.29) is 15.7 Å². The summed E-state index contributed by atoms with van der Waals surface area (Å²) in [6, 6.07) is 12.5. The van der Waals surface area contributed by atoms with Gasteiger partial charge in [-0.1, -0.05) is 22.7 Å². The van der Waals surface area contributed by atoms with Gasteiger partial charge in [-0.2, -0.15) is 0 Å². The van der Waals surface area contributed by atoms with Gasteiger partial charge in [-0.15, -0.1) is 0 Å². The van der Waals surface area contributed by atoms with E-state index < -0.39 is 15.9 Å². The first-order valence-electron chi connectivity index (χ1n) is 8.09. The third kappa shape index (κ3) is 5.10. The highest BCUT2D eigenvalue weighted by molar-refractivity contribution is 8.13. The first-order valence-corrected chi connectivity index (χ1v) is 10.3. The first kappa shape index (κ1) is 21.9. The van der Waals surface area contributed by atoms with Crippen molar-refractivity contribution in [2.45, 2.75) is 9.79 Å². The van der Waals surface area contributed by atoms with Gasteiger partial charge in [0.05, 0.1) is 17.7 Å². The second-order valence-electron chi connectivity index (χ2n) is 5.84. The van der Waals surface area contributed by atoms with Crippen molar-refractivity contribution in [1.82, 2.24) is 9.37 Å². The van der Waals surface area contributed by atoms with Crippen molar-refractivity contribution >= 4 is 38.6 Å². The van der Waals surface area contributed by atoms with E-state index in [2.05, 4.69) is 5.32 Å². The molecule has 0 aliphatic carbocycles. The van der Waals surface area contributed by atoms with Crippen LogP contribution >= 0.6 is 11.8 Å². The molecule has 28 heavy (non-hydrogen) atoms. The average molecular weight is 424 g/mol. The summed E-state index contributed by atoms with van der Waals surface area (Å²) in [5.41, 5.74) is 0.610. The fourth-order valence-corrected chi connectivity index (χ4v) is 3.85. The van der Waals surface area contributed by atoms with Gasteiger partial charge in [0.1, 0.15) is 0 Å². The summed E-state index contributed by atoms with van der Waals surface area (Å²) < 4.78 is 25.4. The lowest BCUT2D eigenvalue weighted by atomic mass is 10.2. The molecule has 0 unspecified atom stereocenters. The molecule has 2 aromatic rings. The van der Waals surface area contributed by atoms with E-state index in [0.29, 0.717) is 15.1 Å². The van der Waals surface area contributed by atoms with Crippen molar-refractivity contribution < 1.29 is 22.8 Å². The van der Waals surface area contributed by atoms with E-state index in [1.165, 1.54) is 43.3 Å². The number of anilines is 1. The first-order chi connectivity index (χ1) is 13.2. The zero-order valence-corrected chi connectivity index (χ0v) is 17.5. The molecule has 0 aliphatic rings. The Morgan fingerprint density at radius 3 is 2.36 bits per heavy atom. The van der Waals surface area contributed by atoms with Gasteiger partial charge in [0.15, 0.2) is 0 Å². The molecule has 0 spiro atoms. The van der Waals surface area contributed by atoms with E-state index in [4.69, 9.17) is 4.84 Å². The molecule has 0 fully saturated rings. The van der Waals surface area contributed by atoms with Crippen molar-refractivity contribution in [1.29, 1.82) is 0 Å². The van der Waals surface area contributed by atoms with Crippen LogP contribution in [0, 0.1) is 0 Å². The minimum Gasteiger partial charge on any atom is -0.339 e. The van der Waals surface area contributed by atoms with Gasteiger partial charge in [0.25, 0.3) is 21.2 Å². The summed E-state index contributed by atoms with van der Waals surface area (Å²) >= 11 is 0.983. The molecule has 8 nitrogen and oxygen atoms in total. The molecule has 1 N–H and O–H groups in total. The van der Waals surface area contributed by atoms with Gasteiger partial charge in [-0.05, 0) is 42.1 Å². The van der Waals surface area contributed by atoms with Gasteiger partial charge in [-0.3, -0.25) is 14.4 Å². The number of thioether (sulfide) groups is 1. The van der Waals surface area contributed by atoms with Crippen molar-refractivity contribution in [3.8, 4) is 0 Å². The highest BCUT2D eigenvalue weighted by atomic mass is 32.2. The molecule has 0 radical (unpaired) electrons. The topological polar surface area (TPSA) is 96.0 Å². The van der Waals surface area contributed by atoms with Crippen LogP contribution in [0.3, 0.4) is 0 Å². The number of nitrogens with one attached hydrogen (secondary N) is 1. The summed E-state index contributed by atoms with van der Waals surface area (Å²) in [5.74, 6) is -0.498. The van der Waals surface area contributed by atoms with E-state index in [0.717, 1.165) is 11.8 Å². The quantitative estimate of drug-likeness (QED) is 0.567. The van der Waals surface area contributed by atoms with Crippen LogP contribution in [-0.2, 0) is 14.9 Å². The number of benzene rings is 2. The Kier molecular flexibility index (Phi) is 7.19. The maximum atomic E-state index is 12.6. The van der Waals surface area contributed by atoms with Gasteiger partial charge in [0.2, 0.25) is 0 Å². The molecular formula is C18H21N3O5S2. The minimum atomic E-state index is -3.87. The predicted molar refractivity (Wildman–Crippen MR) is 108 cm³/mol. The number of hydrogen-bond donors (Lipinski definition) is 1. The fraction of sp³-hybridized carbons (Fsp3) is 0.222. The van der Waals surface area contributed by atoms with Crippen molar-refractivity contribution in [2.24, 2.45) is 0 Å². The molecule has 0 atom stereocenters. The van der Waals surface area contributed by atoms with Gasteiger partial charge < -0.3 is 10.2 Å². The van der Waals surface area contributed by atoms with Crippen molar-refractivity contribution in [2.75, 3.05) is 33.6 Å². The SMILES string of the molecule is CON(C)S(=O)(=O)c1cccc(C(=O)Nc2ccccc2SC(=O)N(C)C)c1. The number of amides is 2. The normalized spacial score (nSPS) is 11.3. The Morgan fingerprint density at radius 1 is 1.04 bits per heavy atom. The smallest absolute Gasteiger partial charge is 0.286 e. The van der Waals surface area contributed by atoms with Crippen LogP contribution in [0.25, 0.3) is 0 Å². The van der Waals surface area contributed by atoms with Crippen LogP contribution in [-0.4, -0.2) is 57.2 Å². The Bertz CT molecular complexity index is 977. The summed E-state index contributed by atoms with van der Waals surface area (Å²) in [4.78, 5) is 31.3. The molecule has 2 aromatic carbocycles. The maximum absolute atomic E-state index is 12.6. The summed E-state index contributed by atoms with van der Waals surface area (Å²) in [6.07, 6.45) is 0. The monoisotopic (exact) mass is 423 g/mol. The zero-order valence-electron chi connectivity index (χ0n) is 15.9. The molecule has 0 aromatic heterocycles. The number of nitrogens with zero attached hydrogens (tertiary/aromatic N) is 2. The summed E-state index contributed by atoms with van der Waals surface area (Å²) in [7, 11) is 1.90. The highest BCUT2D eigenvalue weighted by Gasteiger charge is 2.22. The molecule has 10 heteroatoms. The third-order valence-electron chi connectivity index (χ3n) is 3.69. The highest BCUT2D eigenvalue weighted by Crippen LogP contribution is 2.29. The molecule has 0 heterocycles. The second-order valence-corrected chi connectivity index (χ2v) is 8.77. The molecule has 0 bridgehead atoms. The van der Waals surface area contributed by atoms with Gasteiger partial charge >= 0.3 is 0 Å². The second kappa shape index (κ2) is 9.20. The third-order valence-corrected chi connectivity index (χ3v) is 6.48. The number of carbonyl (C=O) groups excluding carboxylic acids is 2. The average Bonchev–Trinajstić information content (AvgIpc) is 2.68. The van der Waals surface area contributed by atoms with Crippen LogP contribution in [0.2, 0.25) is 0 Å². The number of rotatable bonds is 6. The van der Waals surface area contributed by atoms with Crippen LogP contribution in [0.1, 0.15) is 10.4 Å². The number of hydrogen-bond acceptors (Lipinski definition) is 6. The lowest BCUT2D eigenvalue weighted by molar-refractivity contribution is -0.0258. The molecule has 2 rings (SSSR count). The maximum Gasteiger partial charge on any atom is 0.286 e. The zero-order chi connectivity index (χ0) is 20.9. The van der Waals surface area contributed by atoms with E-state index in [1.807, 2.05) is 0 Å². The molecular weight excluding hydrogens is 402 g/mol. The Hall–Kier alpha value is -2.40. The molecule has 0 saturated carbocycles. The number of hydroxylamine groups is 1. The molecule has 150 valence electrons. The van der Waals surface area contributed by atoms with Crippen LogP contribution in [0.5, 0.6) is 0 Å². The summed E-state index contributed by atoms with van der Waals surface area (Å²) in [6.45, 7) is 0. The Morgan fingerprint density at radius 2 is 1.71 bits per heavy atom. The van der Waals surface area contributed by atoms with Gasteiger partial charge in [-0.25, -0.2) is 8.42 Å². The van der Waals surface area contributed by atoms with E-state index in [1.54, 1.807) is 38.4 Å². The lowest BCUT2D eigenvalue weighted by Crippen LogP contribution is -2.26. The summed E-state index contributed by atoms with van der Waals surface area (Å²) in [5, 5.41) is 2.54. The molecule has 0 saturated heterocycles. The largest absolute Gasteiger partial charge is 0.339 e. The fourth-order valence-electron chi connectivity index (χ4n) is 2.08. The molecule has 0 aliphatic heterocycles. The Labute approximate surface area is 168 Å². The van der Waals surface area contributed by atoms with Crippen LogP contribution in [0.4, 0.5) is 10.5 Å². The standard InChI is InChI=1S/C18H21N3O5S2/c1-20(2)18(23)27-16-11-6-5-10-15(16)19-17(22)13-8-7-9-14(12-13)28(24,25)21(3)26-4/h5-12H,1-4H3,(H,19,22). The predicted octanol–water partition coefficient (Wildman–Crippen LogP) is 2.89. The van der Waals surface area contributed by atoms with Crippen LogP contribution < -0.4 is 5.32 Å².